The maximum atomic E-state index is 11.2. The Morgan fingerprint density at radius 1 is 0.905 bits per heavy atom. The number of para-hydroxylation sites is 1. The lowest BCUT2D eigenvalue weighted by molar-refractivity contribution is -0.193. The van der Waals surface area contributed by atoms with Crippen molar-refractivity contribution in [1.29, 1.82) is 0 Å². The summed E-state index contributed by atoms with van der Waals surface area (Å²) in [4.78, 5) is 21.9. The van der Waals surface area contributed by atoms with Gasteiger partial charge in [-0.15, -0.1) is 0 Å². The van der Waals surface area contributed by atoms with Crippen molar-refractivity contribution in [1.82, 2.24) is 5.32 Å². The van der Waals surface area contributed by atoms with Crippen LogP contribution in [-0.2, 0) is 20.9 Å². The summed E-state index contributed by atoms with van der Waals surface area (Å²) in [6.07, 6.45) is -10.3. The zero-order valence-electron chi connectivity index (χ0n) is 22.2. The van der Waals surface area contributed by atoms with E-state index in [4.69, 9.17) is 4.74 Å². The quantitative estimate of drug-likeness (QED) is 0.281. The molecule has 0 bridgehead atoms. The number of hydrogen-bond donors (Lipinski definition) is 2. The molecule has 42 heavy (non-hydrogen) atoms. The third-order valence-electron chi connectivity index (χ3n) is 7.50. The number of ether oxygens (including phenoxy) is 1. The second-order valence-electron chi connectivity index (χ2n) is 10.2. The number of halogens is 6. The van der Waals surface area contributed by atoms with Crippen LogP contribution in [0, 0.1) is 0 Å². The molecule has 3 aliphatic heterocycles. The number of hydrogen-bond acceptors (Lipinski definition) is 6. The average molecular weight is 592 g/mol. The number of carbonyl (C=O) groups excluding carboxylic acids is 2. The number of ketones is 2. The monoisotopic (exact) mass is 591 g/mol. The number of nitrogens with one attached hydrogen (secondary N) is 2. The summed E-state index contributed by atoms with van der Waals surface area (Å²) in [5, 5.41) is 7.35. The minimum absolute atomic E-state index is 0.566. The normalized spacial score (nSPS) is 19.5. The number of piperidine rings is 1. The first-order valence-electron chi connectivity index (χ1n) is 13.3. The summed E-state index contributed by atoms with van der Waals surface area (Å²) in [6, 6.07) is 24.4. The van der Waals surface area contributed by atoms with E-state index in [1.165, 1.54) is 34.4 Å². The summed E-state index contributed by atoms with van der Waals surface area (Å²) in [5.74, 6) is -6.25. The van der Waals surface area contributed by atoms with E-state index < -0.39 is 23.9 Å². The van der Waals surface area contributed by atoms with Crippen LogP contribution in [0.3, 0.4) is 0 Å². The van der Waals surface area contributed by atoms with Crippen LogP contribution in [0.25, 0.3) is 11.1 Å². The summed E-state index contributed by atoms with van der Waals surface area (Å²) in [7, 11) is 0. The predicted molar refractivity (Wildman–Crippen MR) is 145 cm³/mol. The summed E-state index contributed by atoms with van der Waals surface area (Å²) in [6.45, 7) is 4.69. The molecule has 1 saturated heterocycles. The number of rotatable bonds is 4. The van der Waals surface area contributed by atoms with Crippen molar-refractivity contribution in [2.24, 2.45) is 0 Å². The number of nitrogens with zero attached hydrogens (tertiary/aromatic N) is 1. The Balaban J connectivity index is 0.000000252. The largest absolute Gasteiger partial charge is 0.458 e. The molecule has 12 heteroatoms. The molecule has 0 unspecified atom stereocenters. The van der Waals surface area contributed by atoms with Crippen LogP contribution in [0.2, 0.25) is 0 Å². The van der Waals surface area contributed by atoms with Crippen molar-refractivity contribution in [3.8, 4) is 11.1 Å². The van der Waals surface area contributed by atoms with Crippen LogP contribution in [0.1, 0.15) is 23.5 Å². The molecule has 3 heterocycles. The number of fused-ring (bicyclic) bond motifs is 3. The minimum atomic E-state index is -5.77. The van der Waals surface area contributed by atoms with E-state index >= 15 is 0 Å². The fraction of sp³-hybridized carbons (Fsp3) is 0.333. The molecule has 0 saturated carbocycles. The molecule has 0 aromatic heterocycles. The third-order valence-corrected chi connectivity index (χ3v) is 7.50. The van der Waals surface area contributed by atoms with Crippen LogP contribution < -0.4 is 15.5 Å². The van der Waals surface area contributed by atoms with Gasteiger partial charge in [-0.05, 0) is 42.3 Å². The summed E-state index contributed by atoms with van der Waals surface area (Å²) in [5.41, 5.74) is 8.98. The second-order valence-corrected chi connectivity index (χ2v) is 10.2. The average Bonchev–Trinajstić information content (AvgIpc) is 3.12. The molecular weight excluding hydrogens is 564 g/mol. The Morgan fingerprint density at radius 2 is 1.57 bits per heavy atom. The smallest absolute Gasteiger partial charge is 0.375 e. The van der Waals surface area contributed by atoms with Crippen molar-refractivity contribution in [2.75, 3.05) is 36.5 Å². The van der Waals surface area contributed by atoms with Gasteiger partial charge in [-0.2, -0.15) is 26.3 Å². The lowest BCUT2D eigenvalue weighted by Gasteiger charge is -2.33. The number of anilines is 3. The number of Topliss-reactive ketones (excluding diaryl/α,β-unsaturated/α-hetero) is 2. The molecule has 0 spiro atoms. The molecule has 0 amide bonds. The number of alkyl halides is 6. The van der Waals surface area contributed by atoms with Crippen LogP contribution in [0.15, 0.2) is 66.7 Å². The molecule has 222 valence electrons. The van der Waals surface area contributed by atoms with E-state index in [2.05, 4.69) is 82.3 Å². The lowest BCUT2D eigenvalue weighted by Crippen LogP contribution is -2.44. The SMILES string of the molecule is O=C(C(=O)C(F)(F)F)C(F)(F)F.c1ccc(-c2ccccc2Nc2cc3c4c(c2)[C@@H]2CNCC[C@@H]2N4CCOC3)cc1. The molecule has 1 fully saturated rings. The van der Waals surface area contributed by atoms with E-state index in [0.29, 0.717) is 18.6 Å². The van der Waals surface area contributed by atoms with E-state index in [1.807, 2.05) is 0 Å². The Bertz CT molecular complexity index is 1430. The lowest BCUT2D eigenvalue weighted by atomic mass is 9.89. The Morgan fingerprint density at radius 3 is 2.26 bits per heavy atom. The van der Waals surface area contributed by atoms with E-state index in [-0.39, 0.29) is 0 Å². The Labute approximate surface area is 237 Å². The highest BCUT2D eigenvalue weighted by atomic mass is 19.4. The maximum absolute atomic E-state index is 11.2. The second kappa shape index (κ2) is 11.8. The van der Waals surface area contributed by atoms with E-state index in [1.54, 1.807) is 0 Å². The standard InChI is InChI=1S/C26H27N3O.C4F6O2/c1-2-6-18(7-3-1)21-8-4-5-9-24(21)28-20-14-19-17-30-13-12-29-25-10-11-27-16-23(25)22(15-20)26(19)29;5-3(6,7)1(11)2(12)4(8,9)10/h1-9,14-15,23,25,27-28H,10-13,16-17H2;/t23-,25-;/m0./s1. The van der Waals surface area contributed by atoms with Gasteiger partial charge in [0.1, 0.15) is 0 Å². The van der Waals surface area contributed by atoms with Crippen molar-refractivity contribution >= 4 is 28.6 Å². The van der Waals surface area contributed by atoms with Crippen molar-refractivity contribution < 1.29 is 40.7 Å². The zero-order chi connectivity index (χ0) is 30.1. The van der Waals surface area contributed by atoms with Crippen LogP contribution in [0.4, 0.5) is 43.4 Å². The van der Waals surface area contributed by atoms with Gasteiger partial charge in [-0.25, -0.2) is 0 Å². The van der Waals surface area contributed by atoms with Crippen LogP contribution >= 0.6 is 0 Å². The Kier molecular flexibility index (Phi) is 8.29. The van der Waals surface area contributed by atoms with Gasteiger partial charge < -0.3 is 20.3 Å². The van der Waals surface area contributed by atoms with Crippen LogP contribution in [0.5, 0.6) is 0 Å². The third kappa shape index (κ3) is 6.14. The van der Waals surface area contributed by atoms with Gasteiger partial charge in [0, 0.05) is 53.2 Å². The first kappa shape index (κ1) is 29.6. The molecule has 3 aliphatic rings. The molecule has 6 nitrogen and oxygen atoms in total. The highest BCUT2D eigenvalue weighted by Crippen LogP contribution is 2.48. The van der Waals surface area contributed by atoms with Crippen molar-refractivity contribution in [3.05, 3.63) is 77.9 Å². The fourth-order valence-corrected chi connectivity index (χ4v) is 5.73. The van der Waals surface area contributed by atoms with E-state index in [0.717, 1.165) is 37.6 Å². The molecule has 2 N–H and O–H groups in total. The highest BCUT2D eigenvalue weighted by molar-refractivity contribution is 6.41. The molecule has 3 aromatic carbocycles. The van der Waals surface area contributed by atoms with Gasteiger partial charge in [0.15, 0.2) is 0 Å². The van der Waals surface area contributed by atoms with Gasteiger partial charge in [0.2, 0.25) is 0 Å². The van der Waals surface area contributed by atoms with E-state index in [9.17, 15) is 35.9 Å². The maximum Gasteiger partial charge on any atom is 0.458 e. The van der Waals surface area contributed by atoms with Crippen LogP contribution in [-0.4, -0.2) is 56.2 Å². The molecule has 3 aromatic rings. The molecule has 2 atom stereocenters. The molecule has 0 aliphatic carbocycles. The summed E-state index contributed by atoms with van der Waals surface area (Å²) >= 11 is 0. The van der Waals surface area contributed by atoms with Gasteiger partial charge in [0.25, 0.3) is 0 Å². The minimum Gasteiger partial charge on any atom is -0.375 e. The van der Waals surface area contributed by atoms with Gasteiger partial charge in [0.05, 0.1) is 13.2 Å². The fourth-order valence-electron chi connectivity index (χ4n) is 5.73. The Hall–Kier alpha value is -3.90. The molecular formula is C30H27F6N3O3. The van der Waals surface area contributed by atoms with Crippen molar-refractivity contribution in [2.45, 2.75) is 37.3 Å². The molecule has 0 radical (unpaired) electrons. The van der Waals surface area contributed by atoms with Crippen molar-refractivity contribution in [3.63, 3.8) is 0 Å². The number of benzene rings is 3. The number of carbonyl (C=O) groups is 2. The first-order chi connectivity index (χ1) is 19.9. The zero-order valence-corrected chi connectivity index (χ0v) is 22.2. The first-order valence-corrected chi connectivity index (χ1v) is 13.3. The van der Waals surface area contributed by atoms with Gasteiger partial charge in [-0.1, -0.05) is 48.5 Å². The topological polar surface area (TPSA) is 70.7 Å². The highest BCUT2D eigenvalue weighted by Gasteiger charge is 2.54. The predicted octanol–water partition coefficient (Wildman–Crippen LogP) is 6.14. The molecule has 6 rings (SSSR count). The summed E-state index contributed by atoms with van der Waals surface area (Å²) < 4.78 is 72.9. The van der Waals surface area contributed by atoms with Gasteiger partial charge in [-0.3, -0.25) is 9.59 Å². The van der Waals surface area contributed by atoms with Gasteiger partial charge >= 0.3 is 23.9 Å².